The van der Waals surface area contributed by atoms with Crippen molar-refractivity contribution in [2.45, 2.75) is 11.8 Å². The number of amides is 1. The van der Waals surface area contributed by atoms with Crippen molar-refractivity contribution in [3.8, 4) is 0 Å². The topological polar surface area (TPSA) is 103 Å². The lowest BCUT2D eigenvalue weighted by Gasteiger charge is -2.10. The molecule has 0 saturated heterocycles. The molecule has 4 N–H and O–H groups in total. The van der Waals surface area contributed by atoms with E-state index >= 15 is 0 Å². The normalized spacial score (nSPS) is 13.3. The number of nitrogen functional groups attached to an aromatic ring is 1. The van der Waals surface area contributed by atoms with Crippen LogP contribution in [-0.2, 0) is 14.6 Å². The number of rotatable bonds is 4. The van der Waals surface area contributed by atoms with Gasteiger partial charge in [-0.05, 0) is 18.2 Å². The first-order valence-electron chi connectivity index (χ1n) is 4.81. The zero-order valence-electron chi connectivity index (χ0n) is 9.18. The van der Waals surface area contributed by atoms with Gasteiger partial charge in [-0.25, -0.2) is 12.8 Å². The predicted molar refractivity (Wildman–Crippen MR) is 61.2 cm³/mol. The van der Waals surface area contributed by atoms with Gasteiger partial charge in [0.15, 0.2) is 9.84 Å². The second-order valence-corrected chi connectivity index (χ2v) is 5.77. The van der Waals surface area contributed by atoms with Crippen molar-refractivity contribution in [1.82, 2.24) is 0 Å². The van der Waals surface area contributed by atoms with Crippen molar-refractivity contribution >= 4 is 21.4 Å². The van der Waals surface area contributed by atoms with Gasteiger partial charge < -0.3 is 11.5 Å². The molecule has 0 spiro atoms. The molecule has 1 rings (SSSR count). The molecule has 0 aliphatic rings. The smallest absolute Gasteiger partial charge is 0.221 e. The van der Waals surface area contributed by atoms with Crippen LogP contribution in [-0.4, -0.2) is 20.1 Å². The molecule has 0 bridgehead atoms. The predicted octanol–water partition coefficient (Wildman–Crippen LogP) is 0.303. The first kappa shape index (κ1) is 13.4. The molecule has 1 unspecified atom stereocenters. The number of sulfone groups is 1. The summed E-state index contributed by atoms with van der Waals surface area (Å²) in [6, 6.07) is 2.99. The molecule has 0 heterocycles. The highest BCUT2D eigenvalue weighted by Crippen LogP contribution is 2.22. The minimum atomic E-state index is -3.74. The summed E-state index contributed by atoms with van der Waals surface area (Å²) >= 11 is 0. The van der Waals surface area contributed by atoms with Crippen molar-refractivity contribution in [2.24, 2.45) is 11.7 Å². The van der Waals surface area contributed by atoms with Crippen molar-refractivity contribution < 1.29 is 17.6 Å². The zero-order valence-corrected chi connectivity index (χ0v) is 10.00. The summed E-state index contributed by atoms with van der Waals surface area (Å²) in [6.07, 6.45) is 0. The standard InChI is InChI=1S/C10H13FN2O3S/c1-6(10(13)14)5-17(15,16)9-3-2-7(11)4-8(9)12/h2-4,6H,5,12H2,1H3,(H2,13,14). The lowest BCUT2D eigenvalue weighted by molar-refractivity contribution is -0.120. The lowest BCUT2D eigenvalue weighted by Crippen LogP contribution is -2.27. The largest absolute Gasteiger partial charge is 0.398 e. The van der Waals surface area contributed by atoms with Crippen molar-refractivity contribution in [3.05, 3.63) is 24.0 Å². The Hall–Kier alpha value is -1.63. The number of halogens is 1. The summed E-state index contributed by atoms with van der Waals surface area (Å²) in [4.78, 5) is 10.6. The van der Waals surface area contributed by atoms with Gasteiger partial charge in [-0.1, -0.05) is 6.92 Å². The van der Waals surface area contributed by atoms with Gasteiger partial charge in [-0.15, -0.1) is 0 Å². The quantitative estimate of drug-likeness (QED) is 0.600. The number of carbonyl (C=O) groups excluding carboxylic acids is 1. The first-order valence-corrected chi connectivity index (χ1v) is 6.46. The molecule has 0 fully saturated rings. The number of primary amides is 1. The molecule has 0 radical (unpaired) electrons. The monoisotopic (exact) mass is 260 g/mol. The molecule has 5 nitrogen and oxygen atoms in total. The lowest BCUT2D eigenvalue weighted by atomic mass is 10.2. The van der Waals surface area contributed by atoms with Gasteiger partial charge in [0, 0.05) is 5.92 Å². The highest BCUT2D eigenvalue weighted by atomic mass is 32.2. The third kappa shape index (κ3) is 3.16. The van der Waals surface area contributed by atoms with Gasteiger partial charge in [0.05, 0.1) is 16.3 Å². The molecule has 1 atom stereocenters. The average molecular weight is 260 g/mol. The molecule has 0 saturated carbocycles. The molecule has 1 aromatic carbocycles. The number of nitrogens with two attached hydrogens (primary N) is 2. The van der Waals surface area contributed by atoms with Gasteiger partial charge in [-0.2, -0.15) is 0 Å². The first-order chi connectivity index (χ1) is 7.74. The van der Waals surface area contributed by atoms with E-state index in [1.54, 1.807) is 0 Å². The van der Waals surface area contributed by atoms with E-state index in [9.17, 15) is 17.6 Å². The minimum Gasteiger partial charge on any atom is -0.398 e. The molecule has 1 aromatic rings. The van der Waals surface area contributed by atoms with E-state index in [1.807, 2.05) is 0 Å². The molecule has 7 heteroatoms. The number of benzene rings is 1. The molecule has 94 valence electrons. The number of carbonyl (C=O) groups is 1. The Kier molecular flexibility index (Phi) is 3.72. The van der Waals surface area contributed by atoms with E-state index in [0.717, 1.165) is 18.2 Å². The maximum absolute atomic E-state index is 12.8. The number of anilines is 1. The van der Waals surface area contributed by atoms with Crippen LogP contribution in [0.15, 0.2) is 23.1 Å². The van der Waals surface area contributed by atoms with Crippen LogP contribution in [0.3, 0.4) is 0 Å². The van der Waals surface area contributed by atoms with Crippen molar-refractivity contribution in [3.63, 3.8) is 0 Å². The Bertz CT molecular complexity index is 542. The van der Waals surface area contributed by atoms with E-state index in [-0.39, 0.29) is 10.6 Å². The number of hydrogen-bond donors (Lipinski definition) is 2. The third-order valence-electron chi connectivity index (χ3n) is 2.26. The van der Waals surface area contributed by atoms with E-state index < -0.39 is 33.2 Å². The fourth-order valence-electron chi connectivity index (χ4n) is 1.30. The Morgan fingerprint density at radius 1 is 1.47 bits per heavy atom. The molecular weight excluding hydrogens is 247 g/mol. The van der Waals surface area contributed by atoms with Crippen LogP contribution in [0.5, 0.6) is 0 Å². The van der Waals surface area contributed by atoms with Crippen LogP contribution in [0.2, 0.25) is 0 Å². The SMILES string of the molecule is CC(CS(=O)(=O)c1ccc(F)cc1N)C(N)=O. The third-order valence-corrected chi connectivity index (χ3v) is 4.24. The van der Waals surface area contributed by atoms with E-state index in [2.05, 4.69) is 0 Å². The Labute approximate surface area is 98.5 Å². The molecular formula is C10H13FN2O3S. The Morgan fingerprint density at radius 2 is 2.06 bits per heavy atom. The second-order valence-electron chi connectivity index (χ2n) is 3.77. The van der Waals surface area contributed by atoms with Crippen molar-refractivity contribution in [1.29, 1.82) is 0 Å². The molecule has 17 heavy (non-hydrogen) atoms. The second kappa shape index (κ2) is 4.70. The van der Waals surface area contributed by atoms with Gasteiger partial charge in [0.2, 0.25) is 5.91 Å². The van der Waals surface area contributed by atoms with E-state index in [4.69, 9.17) is 11.5 Å². The van der Waals surface area contributed by atoms with Gasteiger partial charge in [-0.3, -0.25) is 4.79 Å². The summed E-state index contributed by atoms with van der Waals surface area (Å²) in [5.74, 6) is -2.61. The van der Waals surface area contributed by atoms with Gasteiger partial charge in [0.1, 0.15) is 5.82 Å². The van der Waals surface area contributed by atoms with Crippen LogP contribution in [0, 0.1) is 11.7 Å². The highest BCUT2D eigenvalue weighted by Gasteiger charge is 2.23. The summed E-state index contributed by atoms with van der Waals surface area (Å²) in [7, 11) is -3.74. The highest BCUT2D eigenvalue weighted by molar-refractivity contribution is 7.91. The van der Waals surface area contributed by atoms with Crippen LogP contribution >= 0.6 is 0 Å². The zero-order chi connectivity index (χ0) is 13.2. The van der Waals surface area contributed by atoms with Gasteiger partial charge in [0.25, 0.3) is 0 Å². The maximum Gasteiger partial charge on any atom is 0.221 e. The van der Waals surface area contributed by atoms with Gasteiger partial charge >= 0.3 is 0 Å². The average Bonchev–Trinajstić information content (AvgIpc) is 2.15. The van der Waals surface area contributed by atoms with Crippen LogP contribution < -0.4 is 11.5 Å². The summed E-state index contributed by atoms with van der Waals surface area (Å²) in [5, 5.41) is 0. The molecule has 1 amide bonds. The summed E-state index contributed by atoms with van der Waals surface area (Å²) in [6.45, 7) is 1.40. The fourth-order valence-corrected chi connectivity index (χ4v) is 3.00. The maximum atomic E-state index is 12.8. The summed E-state index contributed by atoms with van der Waals surface area (Å²) in [5.41, 5.74) is 10.2. The van der Waals surface area contributed by atoms with Crippen LogP contribution in [0.25, 0.3) is 0 Å². The van der Waals surface area contributed by atoms with Crippen LogP contribution in [0.1, 0.15) is 6.92 Å². The summed E-state index contributed by atoms with van der Waals surface area (Å²) < 4.78 is 36.5. The molecule has 0 aliphatic carbocycles. The Balaban J connectivity index is 3.10. The molecule has 0 aliphatic heterocycles. The van der Waals surface area contributed by atoms with E-state index in [1.165, 1.54) is 6.92 Å². The molecule has 0 aromatic heterocycles. The van der Waals surface area contributed by atoms with Crippen molar-refractivity contribution in [2.75, 3.05) is 11.5 Å². The minimum absolute atomic E-state index is 0.179. The Morgan fingerprint density at radius 3 is 2.53 bits per heavy atom. The van der Waals surface area contributed by atoms with E-state index in [0.29, 0.717) is 0 Å². The van der Waals surface area contributed by atoms with Crippen LogP contribution in [0.4, 0.5) is 10.1 Å². The fraction of sp³-hybridized carbons (Fsp3) is 0.300. The number of hydrogen-bond acceptors (Lipinski definition) is 4.